The van der Waals surface area contributed by atoms with Crippen molar-refractivity contribution in [2.75, 3.05) is 0 Å². The van der Waals surface area contributed by atoms with E-state index in [4.69, 9.17) is 4.74 Å². The summed E-state index contributed by atoms with van der Waals surface area (Å²) in [5.41, 5.74) is 0. The monoisotopic (exact) mass is 176 g/mol. The number of ether oxygens (including phenoxy) is 1. The van der Waals surface area contributed by atoms with Crippen molar-refractivity contribution in [2.45, 2.75) is 44.9 Å². The van der Waals surface area contributed by atoms with Crippen molar-refractivity contribution in [3.63, 3.8) is 0 Å². The zero-order valence-electron chi connectivity index (χ0n) is 7.34. The van der Waals surface area contributed by atoms with Crippen LogP contribution in [0.5, 0.6) is 0 Å². The van der Waals surface area contributed by atoms with Gasteiger partial charge in [-0.1, -0.05) is 13.8 Å². The minimum absolute atomic E-state index is 0.335. The van der Waals surface area contributed by atoms with E-state index in [2.05, 4.69) is 0 Å². The quantitative estimate of drug-likeness (QED) is 0.502. The van der Waals surface area contributed by atoms with Crippen molar-refractivity contribution >= 4 is 0 Å². The minimum atomic E-state index is -1.16. The van der Waals surface area contributed by atoms with Gasteiger partial charge in [-0.25, -0.2) is 0 Å². The van der Waals surface area contributed by atoms with Crippen LogP contribution in [-0.2, 0) is 4.74 Å². The number of rotatable bonds is 1. The van der Waals surface area contributed by atoms with Crippen molar-refractivity contribution < 1.29 is 20.1 Å². The molecule has 4 heteroatoms. The van der Waals surface area contributed by atoms with Crippen LogP contribution in [0.4, 0.5) is 0 Å². The van der Waals surface area contributed by atoms with Gasteiger partial charge in [0.15, 0.2) is 6.29 Å². The first-order valence-corrected chi connectivity index (χ1v) is 4.27. The van der Waals surface area contributed by atoms with E-state index < -0.39 is 18.5 Å². The molecular formula is C8H16O4. The largest absolute Gasteiger partial charge is 0.390 e. The molecule has 72 valence electrons. The summed E-state index contributed by atoms with van der Waals surface area (Å²) in [6, 6.07) is 0. The molecule has 0 aromatic heterocycles. The highest BCUT2D eigenvalue weighted by Gasteiger charge is 2.40. The van der Waals surface area contributed by atoms with Gasteiger partial charge in [0.1, 0.15) is 6.10 Å². The third-order valence-electron chi connectivity index (χ3n) is 2.47. The van der Waals surface area contributed by atoms with Crippen LogP contribution in [0.25, 0.3) is 0 Å². The average molecular weight is 176 g/mol. The van der Waals surface area contributed by atoms with Crippen molar-refractivity contribution in [1.82, 2.24) is 0 Å². The summed E-state index contributed by atoms with van der Waals surface area (Å²) in [6.45, 7) is 3.56. The molecule has 1 rings (SSSR count). The Labute approximate surface area is 71.8 Å². The fraction of sp³-hybridized carbons (Fsp3) is 1.00. The predicted octanol–water partition coefficient (Wildman–Crippen LogP) is -0.529. The maximum absolute atomic E-state index is 9.53. The summed E-state index contributed by atoms with van der Waals surface area (Å²) in [5, 5.41) is 28.0. The van der Waals surface area contributed by atoms with Crippen LogP contribution >= 0.6 is 0 Å². The number of aliphatic hydroxyl groups is 3. The normalized spacial score (nSPS) is 49.2. The Kier molecular flexibility index (Phi) is 3.06. The van der Waals surface area contributed by atoms with Gasteiger partial charge in [-0.15, -0.1) is 0 Å². The second-order valence-corrected chi connectivity index (χ2v) is 3.31. The molecule has 1 aliphatic heterocycles. The first-order valence-electron chi connectivity index (χ1n) is 4.27. The van der Waals surface area contributed by atoms with E-state index in [1.807, 2.05) is 6.92 Å². The Hall–Kier alpha value is -0.160. The van der Waals surface area contributed by atoms with E-state index in [1.165, 1.54) is 0 Å². The van der Waals surface area contributed by atoms with Gasteiger partial charge in [0.25, 0.3) is 0 Å². The topological polar surface area (TPSA) is 69.9 Å². The van der Waals surface area contributed by atoms with Crippen molar-refractivity contribution in [2.24, 2.45) is 5.92 Å². The number of aliphatic hydroxyl groups excluding tert-OH is 3. The van der Waals surface area contributed by atoms with Crippen molar-refractivity contribution in [1.29, 1.82) is 0 Å². The molecule has 0 saturated carbocycles. The van der Waals surface area contributed by atoms with Gasteiger partial charge in [0.05, 0.1) is 12.2 Å². The minimum Gasteiger partial charge on any atom is -0.390 e. The van der Waals surface area contributed by atoms with Crippen LogP contribution in [0.1, 0.15) is 20.3 Å². The lowest BCUT2D eigenvalue weighted by Gasteiger charge is -2.39. The molecule has 0 aliphatic carbocycles. The van der Waals surface area contributed by atoms with E-state index in [-0.39, 0.29) is 12.0 Å². The first kappa shape index (κ1) is 9.92. The van der Waals surface area contributed by atoms with Gasteiger partial charge in [-0.05, 0) is 6.42 Å². The molecule has 0 spiro atoms. The molecule has 1 fully saturated rings. The highest BCUT2D eigenvalue weighted by molar-refractivity contribution is 4.85. The summed E-state index contributed by atoms with van der Waals surface area (Å²) in [5.74, 6) is -0.335. The molecule has 3 N–H and O–H groups in total. The highest BCUT2D eigenvalue weighted by atomic mass is 16.6. The zero-order chi connectivity index (χ0) is 9.30. The van der Waals surface area contributed by atoms with Gasteiger partial charge in [-0.3, -0.25) is 0 Å². The lowest BCUT2D eigenvalue weighted by Crippen LogP contribution is -2.52. The van der Waals surface area contributed by atoms with Gasteiger partial charge in [0, 0.05) is 5.92 Å². The Morgan fingerprint density at radius 3 is 2.25 bits per heavy atom. The van der Waals surface area contributed by atoms with E-state index in [9.17, 15) is 15.3 Å². The summed E-state index contributed by atoms with van der Waals surface area (Å²) in [4.78, 5) is 0. The molecule has 12 heavy (non-hydrogen) atoms. The average Bonchev–Trinajstić information content (AvgIpc) is 2.08. The van der Waals surface area contributed by atoms with Crippen LogP contribution < -0.4 is 0 Å². The van der Waals surface area contributed by atoms with Crippen LogP contribution in [0.3, 0.4) is 0 Å². The van der Waals surface area contributed by atoms with E-state index in [1.54, 1.807) is 6.92 Å². The van der Waals surface area contributed by atoms with Gasteiger partial charge >= 0.3 is 0 Å². The van der Waals surface area contributed by atoms with Gasteiger partial charge in [0.2, 0.25) is 0 Å². The lowest BCUT2D eigenvalue weighted by molar-refractivity contribution is -0.265. The van der Waals surface area contributed by atoms with Gasteiger partial charge in [-0.2, -0.15) is 0 Å². The maximum Gasteiger partial charge on any atom is 0.181 e. The molecule has 4 nitrogen and oxygen atoms in total. The van der Waals surface area contributed by atoms with E-state index in [0.29, 0.717) is 6.42 Å². The summed E-state index contributed by atoms with van der Waals surface area (Å²) >= 11 is 0. The Bertz CT molecular complexity index is 145. The van der Waals surface area contributed by atoms with Crippen molar-refractivity contribution in [3.8, 4) is 0 Å². The second kappa shape index (κ2) is 3.70. The molecule has 1 saturated heterocycles. The predicted molar refractivity (Wildman–Crippen MR) is 42.3 cm³/mol. The Morgan fingerprint density at radius 2 is 1.75 bits per heavy atom. The second-order valence-electron chi connectivity index (χ2n) is 3.31. The molecule has 0 radical (unpaired) electrons. The van der Waals surface area contributed by atoms with Crippen molar-refractivity contribution in [3.05, 3.63) is 0 Å². The van der Waals surface area contributed by atoms with Crippen LogP contribution in [-0.4, -0.2) is 39.9 Å². The van der Waals surface area contributed by atoms with E-state index >= 15 is 0 Å². The molecule has 0 aromatic rings. The fourth-order valence-corrected chi connectivity index (χ4v) is 1.48. The summed E-state index contributed by atoms with van der Waals surface area (Å²) in [6.07, 6.45) is -2.56. The standard InChI is InChI=1S/C8H16O4/c1-3-5-6(9)4(2)7(10)8(11)12-5/h4-11H,3H2,1-2H3/t4-,5+,6+,7-,8?/m0/s1. The van der Waals surface area contributed by atoms with Crippen LogP contribution in [0.2, 0.25) is 0 Å². The maximum atomic E-state index is 9.53. The number of hydrogen-bond acceptors (Lipinski definition) is 4. The number of hydrogen-bond donors (Lipinski definition) is 3. The molecule has 0 amide bonds. The molecule has 1 heterocycles. The summed E-state index contributed by atoms with van der Waals surface area (Å²) < 4.78 is 4.99. The third kappa shape index (κ3) is 1.61. The molecule has 1 unspecified atom stereocenters. The first-order chi connectivity index (χ1) is 5.57. The summed E-state index contributed by atoms with van der Waals surface area (Å²) in [7, 11) is 0. The molecule has 1 aliphatic rings. The van der Waals surface area contributed by atoms with Crippen LogP contribution in [0.15, 0.2) is 0 Å². The Balaban J connectivity index is 2.63. The molecule has 5 atom stereocenters. The smallest absolute Gasteiger partial charge is 0.181 e. The van der Waals surface area contributed by atoms with Crippen LogP contribution in [0, 0.1) is 5.92 Å². The molecule has 0 bridgehead atoms. The van der Waals surface area contributed by atoms with Gasteiger partial charge < -0.3 is 20.1 Å². The lowest BCUT2D eigenvalue weighted by atomic mass is 9.90. The van der Waals surface area contributed by atoms with E-state index in [0.717, 1.165) is 0 Å². The zero-order valence-corrected chi connectivity index (χ0v) is 7.34. The third-order valence-corrected chi connectivity index (χ3v) is 2.47. The highest BCUT2D eigenvalue weighted by Crippen LogP contribution is 2.25. The SMILES string of the molecule is CC[C@H]1OC(O)[C@@H](O)[C@@H](C)[C@H]1O. The Morgan fingerprint density at radius 1 is 1.17 bits per heavy atom. The molecule has 0 aromatic carbocycles. The fourth-order valence-electron chi connectivity index (χ4n) is 1.48. The molecular weight excluding hydrogens is 160 g/mol.